The zero-order valence-electron chi connectivity index (χ0n) is 11.4. The van der Waals surface area contributed by atoms with Crippen LogP contribution in [0.2, 0.25) is 0 Å². The highest BCUT2D eigenvalue weighted by Crippen LogP contribution is 2.22. The Kier molecular flexibility index (Phi) is 8.21. The van der Waals surface area contributed by atoms with Gasteiger partial charge in [-0.1, -0.05) is 22.9 Å². The lowest BCUT2D eigenvalue weighted by Gasteiger charge is -2.20. The van der Waals surface area contributed by atoms with Crippen LogP contribution in [0.5, 0.6) is 0 Å². The van der Waals surface area contributed by atoms with E-state index in [1.807, 2.05) is 0 Å². The summed E-state index contributed by atoms with van der Waals surface area (Å²) in [6.45, 7) is 4.38. The maximum Gasteiger partial charge on any atom is 0.128 e. The van der Waals surface area contributed by atoms with Crippen LogP contribution < -0.4 is 5.32 Å². The molecule has 1 rings (SSSR count). The first kappa shape index (κ1) is 16.6. The van der Waals surface area contributed by atoms with Crippen molar-refractivity contribution in [1.29, 1.82) is 0 Å². The minimum absolute atomic E-state index is 0.144. The van der Waals surface area contributed by atoms with Crippen LogP contribution >= 0.6 is 15.9 Å². The van der Waals surface area contributed by atoms with E-state index in [4.69, 9.17) is 9.47 Å². The molecule has 1 N–H and O–H groups in total. The van der Waals surface area contributed by atoms with E-state index >= 15 is 0 Å². The first-order valence-corrected chi connectivity index (χ1v) is 7.23. The highest BCUT2D eigenvalue weighted by molar-refractivity contribution is 9.10. The standard InChI is InChI=1S/C14H21BrFNO2/c1-3-6-17-14(10-19-8-7-18-2)12-9-11(15)4-5-13(12)16/h4-5,9,14,17H,3,6-8,10H2,1-2H3. The molecule has 0 saturated carbocycles. The predicted octanol–water partition coefficient (Wildman–Crippen LogP) is 3.29. The van der Waals surface area contributed by atoms with Crippen molar-refractivity contribution in [1.82, 2.24) is 5.32 Å². The number of benzene rings is 1. The van der Waals surface area contributed by atoms with Gasteiger partial charge >= 0.3 is 0 Å². The van der Waals surface area contributed by atoms with E-state index in [2.05, 4.69) is 28.2 Å². The topological polar surface area (TPSA) is 30.5 Å². The van der Waals surface area contributed by atoms with Gasteiger partial charge in [-0.2, -0.15) is 0 Å². The van der Waals surface area contributed by atoms with Gasteiger partial charge < -0.3 is 14.8 Å². The predicted molar refractivity (Wildman–Crippen MR) is 77.8 cm³/mol. The maximum absolute atomic E-state index is 13.9. The van der Waals surface area contributed by atoms with Gasteiger partial charge in [0, 0.05) is 17.1 Å². The fourth-order valence-electron chi connectivity index (χ4n) is 1.70. The van der Waals surface area contributed by atoms with Gasteiger partial charge in [-0.15, -0.1) is 0 Å². The number of rotatable bonds is 9. The third-order valence-corrected chi connectivity index (χ3v) is 3.18. The molecule has 1 atom stereocenters. The summed E-state index contributed by atoms with van der Waals surface area (Å²) in [5.74, 6) is -0.216. The second kappa shape index (κ2) is 9.42. The summed E-state index contributed by atoms with van der Waals surface area (Å²) in [5, 5.41) is 3.30. The number of hydrogen-bond donors (Lipinski definition) is 1. The summed E-state index contributed by atoms with van der Waals surface area (Å²) in [4.78, 5) is 0. The second-order valence-electron chi connectivity index (χ2n) is 4.24. The molecule has 0 fully saturated rings. The van der Waals surface area contributed by atoms with Crippen LogP contribution in [0.25, 0.3) is 0 Å². The molecule has 0 aliphatic carbocycles. The molecule has 0 radical (unpaired) electrons. The molecule has 0 heterocycles. The number of hydrogen-bond acceptors (Lipinski definition) is 3. The van der Waals surface area contributed by atoms with Crippen molar-refractivity contribution >= 4 is 15.9 Å². The second-order valence-corrected chi connectivity index (χ2v) is 5.16. The maximum atomic E-state index is 13.9. The molecule has 0 amide bonds. The van der Waals surface area contributed by atoms with Crippen molar-refractivity contribution in [2.45, 2.75) is 19.4 Å². The van der Waals surface area contributed by atoms with E-state index in [1.165, 1.54) is 6.07 Å². The average molecular weight is 334 g/mol. The quantitative estimate of drug-likeness (QED) is 0.703. The Morgan fingerprint density at radius 2 is 2.16 bits per heavy atom. The summed E-state index contributed by atoms with van der Waals surface area (Å²) in [5.41, 5.74) is 0.625. The molecule has 1 aromatic rings. The van der Waals surface area contributed by atoms with Crippen LogP contribution in [-0.2, 0) is 9.47 Å². The van der Waals surface area contributed by atoms with Crippen molar-refractivity contribution in [2.24, 2.45) is 0 Å². The Bertz CT molecular complexity index is 376. The van der Waals surface area contributed by atoms with Gasteiger partial charge in [0.25, 0.3) is 0 Å². The van der Waals surface area contributed by atoms with E-state index in [1.54, 1.807) is 19.2 Å². The lowest BCUT2D eigenvalue weighted by Crippen LogP contribution is -2.27. The van der Waals surface area contributed by atoms with Crippen molar-refractivity contribution < 1.29 is 13.9 Å². The molecule has 0 aromatic heterocycles. The lowest BCUT2D eigenvalue weighted by molar-refractivity contribution is 0.0581. The molecule has 0 aliphatic heterocycles. The van der Waals surface area contributed by atoms with Gasteiger partial charge in [0.1, 0.15) is 5.82 Å². The van der Waals surface area contributed by atoms with Gasteiger partial charge in [0.05, 0.1) is 25.9 Å². The third-order valence-electron chi connectivity index (χ3n) is 2.69. The van der Waals surface area contributed by atoms with E-state index in [0.717, 1.165) is 17.4 Å². The fraction of sp³-hybridized carbons (Fsp3) is 0.571. The smallest absolute Gasteiger partial charge is 0.128 e. The van der Waals surface area contributed by atoms with Crippen molar-refractivity contribution in [2.75, 3.05) is 33.5 Å². The van der Waals surface area contributed by atoms with Crippen LogP contribution in [0.4, 0.5) is 4.39 Å². The molecular formula is C14H21BrFNO2. The minimum atomic E-state index is -0.216. The SMILES string of the molecule is CCCNC(COCCOC)c1cc(Br)ccc1F. The largest absolute Gasteiger partial charge is 0.382 e. The molecule has 108 valence electrons. The highest BCUT2D eigenvalue weighted by atomic mass is 79.9. The van der Waals surface area contributed by atoms with Gasteiger partial charge in [0.15, 0.2) is 0 Å². The number of methoxy groups -OCH3 is 1. The van der Waals surface area contributed by atoms with Crippen molar-refractivity contribution in [3.8, 4) is 0 Å². The first-order valence-electron chi connectivity index (χ1n) is 6.44. The van der Waals surface area contributed by atoms with E-state index in [-0.39, 0.29) is 11.9 Å². The monoisotopic (exact) mass is 333 g/mol. The Morgan fingerprint density at radius 3 is 2.84 bits per heavy atom. The molecule has 0 saturated heterocycles. The molecule has 1 unspecified atom stereocenters. The highest BCUT2D eigenvalue weighted by Gasteiger charge is 2.15. The Morgan fingerprint density at radius 1 is 1.37 bits per heavy atom. The van der Waals surface area contributed by atoms with Crippen molar-refractivity contribution in [3.05, 3.63) is 34.1 Å². The Hall–Kier alpha value is -0.490. The summed E-state index contributed by atoms with van der Waals surface area (Å²) in [6, 6.07) is 4.81. The molecule has 19 heavy (non-hydrogen) atoms. The molecule has 0 spiro atoms. The molecular weight excluding hydrogens is 313 g/mol. The lowest BCUT2D eigenvalue weighted by atomic mass is 10.1. The van der Waals surface area contributed by atoms with Crippen LogP contribution in [0, 0.1) is 5.82 Å². The molecule has 0 bridgehead atoms. The van der Waals surface area contributed by atoms with E-state index in [9.17, 15) is 4.39 Å². The average Bonchev–Trinajstić information content (AvgIpc) is 2.41. The fourth-order valence-corrected chi connectivity index (χ4v) is 2.08. The molecule has 0 aliphatic rings. The molecule has 5 heteroatoms. The summed E-state index contributed by atoms with van der Waals surface area (Å²) >= 11 is 3.37. The third kappa shape index (κ3) is 5.99. The summed E-state index contributed by atoms with van der Waals surface area (Å²) in [6.07, 6.45) is 0.990. The summed E-state index contributed by atoms with van der Waals surface area (Å²) < 4.78 is 25.2. The van der Waals surface area contributed by atoms with Crippen LogP contribution in [0.15, 0.2) is 22.7 Å². The number of nitrogens with one attached hydrogen (secondary N) is 1. The Labute approximate surface area is 122 Å². The zero-order chi connectivity index (χ0) is 14.1. The summed E-state index contributed by atoms with van der Waals surface area (Å²) in [7, 11) is 1.63. The van der Waals surface area contributed by atoms with Crippen LogP contribution in [0.1, 0.15) is 24.9 Å². The zero-order valence-corrected chi connectivity index (χ0v) is 13.0. The minimum Gasteiger partial charge on any atom is -0.382 e. The van der Waals surface area contributed by atoms with Gasteiger partial charge in [-0.05, 0) is 31.2 Å². The number of ether oxygens (including phenoxy) is 2. The van der Waals surface area contributed by atoms with E-state index < -0.39 is 0 Å². The van der Waals surface area contributed by atoms with Gasteiger partial charge in [-0.3, -0.25) is 0 Å². The van der Waals surface area contributed by atoms with Crippen LogP contribution in [-0.4, -0.2) is 33.5 Å². The van der Waals surface area contributed by atoms with E-state index in [0.29, 0.717) is 25.4 Å². The Balaban J connectivity index is 2.68. The first-order chi connectivity index (χ1) is 9.19. The normalized spacial score (nSPS) is 12.6. The number of halogens is 2. The van der Waals surface area contributed by atoms with Crippen LogP contribution in [0.3, 0.4) is 0 Å². The molecule has 3 nitrogen and oxygen atoms in total. The van der Waals surface area contributed by atoms with Gasteiger partial charge in [0.2, 0.25) is 0 Å². The van der Waals surface area contributed by atoms with Gasteiger partial charge in [-0.25, -0.2) is 4.39 Å². The van der Waals surface area contributed by atoms with Crippen molar-refractivity contribution in [3.63, 3.8) is 0 Å². The molecule has 1 aromatic carbocycles.